The standard InChI is InChI=1S/C15H18FN3O3/c1-9(2)17-13(20)8-18-14(21)10(3)19(15(18)22)12-6-4-11(16)5-7-12/h4-7,9-10H,8H2,1-3H3,(H,17,20). The van der Waals surface area contributed by atoms with E-state index in [0.717, 1.165) is 4.90 Å². The lowest BCUT2D eigenvalue weighted by Gasteiger charge is -2.19. The topological polar surface area (TPSA) is 69.7 Å². The monoisotopic (exact) mass is 307 g/mol. The number of amides is 4. The van der Waals surface area contributed by atoms with Gasteiger partial charge in [-0.2, -0.15) is 0 Å². The summed E-state index contributed by atoms with van der Waals surface area (Å²) in [6.07, 6.45) is 0. The highest BCUT2D eigenvalue weighted by Gasteiger charge is 2.44. The number of hydrogen-bond donors (Lipinski definition) is 1. The van der Waals surface area contributed by atoms with Crippen LogP contribution in [0.5, 0.6) is 0 Å². The van der Waals surface area contributed by atoms with Gasteiger partial charge in [-0.3, -0.25) is 19.4 Å². The Balaban J connectivity index is 2.18. The van der Waals surface area contributed by atoms with E-state index in [0.29, 0.717) is 5.69 Å². The Morgan fingerprint density at radius 1 is 1.27 bits per heavy atom. The number of nitrogens with one attached hydrogen (secondary N) is 1. The number of imide groups is 1. The van der Waals surface area contributed by atoms with E-state index in [4.69, 9.17) is 0 Å². The fourth-order valence-corrected chi connectivity index (χ4v) is 2.32. The fraction of sp³-hybridized carbons (Fsp3) is 0.400. The van der Waals surface area contributed by atoms with Gasteiger partial charge in [-0.15, -0.1) is 0 Å². The smallest absolute Gasteiger partial charge is 0.332 e. The van der Waals surface area contributed by atoms with Crippen molar-refractivity contribution in [1.29, 1.82) is 0 Å². The number of hydrogen-bond acceptors (Lipinski definition) is 3. The molecule has 1 heterocycles. The second kappa shape index (κ2) is 6.13. The first-order chi connectivity index (χ1) is 10.3. The average molecular weight is 307 g/mol. The summed E-state index contributed by atoms with van der Waals surface area (Å²) < 4.78 is 13.0. The average Bonchev–Trinajstić information content (AvgIpc) is 2.63. The van der Waals surface area contributed by atoms with Crippen molar-refractivity contribution in [2.75, 3.05) is 11.4 Å². The minimum Gasteiger partial charge on any atom is -0.352 e. The van der Waals surface area contributed by atoms with Crippen LogP contribution in [0.15, 0.2) is 24.3 Å². The number of rotatable bonds is 4. The molecule has 4 amide bonds. The van der Waals surface area contributed by atoms with E-state index in [1.165, 1.54) is 29.2 Å². The fourth-order valence-electron chi connectivity index (χ4n) is 2.32. The van der Waals surface area contributed by atoms with Gasteiger partial charge < -0.3 is 5.32 Å². The van der Waals surface area contributed by atoms with E-state index in [1.54, 1.807) is 20.8 Å². The maximum atomic E-state index is 13.0. The number of benzene rings is 1. The van der Waals surface area contributed by atoms with Crippen LogP contribution in [0, 0.1) is 5.82 Å². The predicted octanol–water partition coefficient (Wildman–Crippen LogP) is 1.51. The number of urea groups is 1. The van der Waals surface area contributed by atoms with E-state index < -0.39 is 29.7 Å². The molecular formula is C15H18FN3O3. The molecule has 0 radical (unpaired) electrons. The van der Waals surface area contributed by atoms with E-state index in [2.05, 4.69) is 5.32 Å². The Hall–Kier alpha value is -2.44. The van der Waals surface area contributed by atoms with Gasteiger partial charge in [0.25, 0.3) is 5.91 Å². The highest BCUT2D eigenvalue weighted by atomic mass is 19.1. The Bertz CT molecular complexity index is 601. The lowest BCUT2D eigenvalue weighted by Crippen LogP contribution is -2.43. The zero-order chi connectivity index (χ0) is 16.4. The molecular weight excluding hydrogens is 289 g/mol. The Labute approximate surface area is 127 Å². The molecule has 118 valence electrons. The number of halogens is 1. The third-order valence-corrected chi connectivity index (χ3v) is 3.30. The van der Waals surface area contributed by atoms with Crippen LogP contribution in [0.1, 0.15) is 20.8 Å². The van der Waals surface area contributed by atoms with Crippen molar-refractivity contribution in [1.82, 2.24) is 10.2 Å². The van der Waals surface area contributed by atoms with Gasteiger partial charge in [0.15, 0.2) is 0 Å². The van der Waals surface area contributed by atoms with Gasteiger partial charge in [0, 0.05) is 11.7 Å². The predicted molar refractivity (Wildman–Crippen MR) is 78.7 cm³/mol. The molecule has 2 rings (SSSR count). The van der Waals surface area contributed by atoms with Gasteiger partial charge in [0.1, 0.15) is 18.4 Å². The first kappa shape index (κ1) is 15.9. The van der Waals surface area contributed by atoms with Crippen LogP contribution in [0.2, 0.25) is 0 Å². The Morgan fingerprint density at radius 3 is 2.41 bits per heavy atom. The summed E-state index contributed by atoms with van der Waals surface area (Å²) in [4.78, 5) is 38.5. The second-order valence-electron chi connectivity index (χ2n) is 5.45. The molecule has 0 bridgehead atoms. The Morgan fingerprint density at radius 2 is 1.86 bits per heavy atom. The molecule has 1 aliphatic heterocycles. The third kappa shape index (κ3) is 3.08. The van der Waals surface area contributed by atoms with Crippen LogP contribution < -0.4 is 10.2 Å². The first-order valence-electron chi connectivity index (χ1n) is 7.00. The lowest BCUT2D eigenvalue weighted by molar-refractivity contribution is -0.132. The lowest BCUT2D eigenvalue weighted by atomic mass is 10.2. The minimum absolute atomic E-state index is 0.0778. The highest BCUT2D eigenvalue weighted by Crippen LogP contribution is 2.25. The van der Waals surface area contributed by atoms with Crippen molar-refractivity contribution < 1.29 is 18.8 Å². The molecule has 0 saturated carbocycles. The molecule has 1 aromatic carbocycles. The quantitative estimate of drug-likeness (QED) is 0.857. The van der Waals surface area contributed by atoms with Crippen molar-refractivity contribution in [3.63, 3.8) is 0 Å². The SMILES string of the molecule is CC(C)NC(=O)CN1C(=O)C(C)N(c2ccc(F)cc2)C1=O. The number of nitrogens with zero attached hydrogens (tertiary/aromatic N) is 2. The maximum absolute atomic E-state index is 13.0. The normalized spacial score (nSPS) is 18.3. The minimum atomic E-state index is -0.732. The van der Waals surface area contributed by atoms with Gasteiger partial charge in [0.05, 0.1) is 0 Å². The summed E-state index contributed by atoms with van der Waals surface area (Å²) in [5, 5.41) is 2.63. The second-order valence-corrected chi connectivity index (χ2v) is 5.45. The van der Waals surface area contributed by atoms with E-state index in [9.17, 15) is 18.8 Å². The third-order valence-electron chi connectivity index (χ3n) is 3.30. The zero-order valence-corrected chi connectivity index (χ0v) is 12.7. The van der Waals surface area contributed by atoms with Gasteiger partial charge >= 0.3 is 6.03 Å². The molecule has 7 heteroatoms. The summed E-state index contributed by atoms with van der Waals surface area (Å²) in [6, 6.07) is 3.89. The number of carbonyl (C=O) groups is 3. The summed E-state index contributed by atoms with van der Waals surface area (Å²) in [5.41, 5.74) is 0.416. The van der Waals surface area contributed by atoms with Gasteiger partial charge in [-0.25, -0.2) is 9.18 Å². The van der Waals surface area contributed by atoms with Gasteiger partial charge in [-0.05, 0) is 45.0 Å². The van der Waals surface area contributed by atoms with Crippen LogP contribution in [-0.2, 0) is 9.59 Å². The van der Waals surface area contributed by atoms with Gasteiger partial charge in [-0.1, -0.05) is 0 Å². The molecule has 0 aliphatic carbocycles. The van der Waals surface area contributed by atoms with Crippen molar-refractivity contribution in [2.24, 2.45) is 0 Å². The molecule has 1 saturated heterocycles. The summed E-state index contributed by atoms with van der Waals surface area (Å²) in [5.74, 6) is -1.28. The van der Waals surface area contributed by atoms with E-state index in [1.807, 2.05) is 0 Å². The van der Waals surface area contributed by atoms with E-state index >= 15 is 0 Å². The largest absolute Gasteiger partial charge is 0.352 e. The molecule has 1 aromatic rings. The van der Waals surface area contributed by atoms with Gasteiger partial charge in [0.2, 0.25) is 5.91 Å². The van der Waals surface area contributed by atoms with Crippen LogP contribution in [0.25, 0.3) is 0 Å². The summed E-state index contributed by atoms with van der Waals surface area (Å²) in [6.45, 7) is 4.83. The molecule has 1 aliphatic rings. The summed E-state index contributed by atoms with van der Waals surface area (Å²) in [7, 11) is 0. The van der Waals surface area contributed by atoms with E-state index in [-0.39, 0.29) is 12.6 Å². The number of anilines is 1. The first-order valence-corrected chi connectivity index (χ1v) is 7.00. The van der Waals surface area contributed by atoms with Crippen molar-refractivity contribution in [3.8, 4) is 0 Å². The molecule has 6 nitrogen and oxygen atoms in total. The summed E-state index contributed by atoms with van der Waals surface area (Å²) >= 11 is 0. The maximum Gasteiger partial charge on any atom is 0.332 e. The molecule has 1 fully saturated rings. The van der Waals surface area contributed by atoms with Crippen molar-refractivity contribution in [2.45, 2.75) is 32.9 Å². The molecule has 1 N–H and O–H groups in total. The van der Waals surface area contributed by atoms with Crippen molar-refractivity contribution in [3.05, 3.63) is 30.1 Å². The number of carbonyl (C=O) groups excluding carboxylic acids is 3. The Kier molecular flexibility index (Phi) is 4.44. The van der Waals surface area contributed by atoms with Crippen LogP contribution in [0.3, 0.4) is 0 Å². The zero-order valence-electron chi connectivity index (χ0n) is 12.7. The van der Waals surface area contributed by atoms with Crippen LogP contribution >= 0.6 is 0 Å². The molecule has 0 aromatic heterocycles. The van der Waals surface area contributed by atoms with Crippen LogP contribution in [-0.4, -0.2) is 41.4 Å². The molecule has 1 atom stereocenters. The highest BCUT2D eigenvalue weighted by molar-refractivity contribution is 6.15. The molecule has 1 unspecified atom stereocenters. The molecule has 22 heavy (non-hydrogen) atoms. The van der Waals surface area contributed by atoms with Crippen LogP contribution in [0.4, 0.5) is 14.9 Å². The van der Waals surface area contributed by atoms with Crippen molar-refractivity contribution >= 4 is 23.5 Å². The molecule has 0 spiro atoms.